The molecule has 0 saturated carbocycles. The Kier molecular flexibility index (Phi) is 3.90. The van der Waals surface area contributed by atoms with Crippen molar-refractivity contribution in [2.45, 2.75) is 13.5 Å². The average molecular weight is 326 g/mol. The molecule has 4 rings (SSSR count). The Hall–Kier alpha value is -3.20. The number of hydrogen-bond donors (Lipinski definition) is 0. The lowest BCUT2D eigenvalue weighted by molar-refractivity contribution is 0.713. The summed E-state index contributed by atoms with van der Waals surface area (Å²) in [6.45, 7) is 2.41. The second-order valence-electron chi connectivity index (χ2n) is 6.13. The van der Waals surface area contributed by atoms with Crippen LogP contribution in [0, 0.1) is 6.92 Å². The molecule has 0 radical (unpaired) electrons. The summed E-state index contributed by atoms with van der Waals surface area (Å²) in [4.78, 5) is 17.3. The van der Waals surface area contributed by atoms with Crippen LogP contribution in [0.15, 0.2) is 83.7 Å². The SMILES string of the molecule is Cc1nc2ccccc2c(=O)n1Cc1ccc(-c2ccccc2)cc1. The molecule has 0 amide bonds. The summed E-state index contributed by atoms with van der Waals surface area (Å²) >= 11 is 0. The minimum atomic E-state index is 0.00948. The molecule has 3 nitrogen and oxygen atoms in total. The van der Waals surface area contributed by atoms with Gasteiger partial charge >= 0.3 is 0 Å². The lowest BCUT2D eigenvalue weighted by Crippen LogP contribution is -2.24. The predicted molar refractivity (Wildman–Crippen MR) is 102 cm³/mol. The minimum Gasteiger partial charge on any atom is -0.292 e. The molecular weight excluding hydrogens is 308 g/mol. The Morgan fingerprint density at radius 3 is 2.20 bits per heavy atom. The molecule has 0 saturated heterocycles. The molecule has 0 aliphatic carbocycles. The van der Waals surface area contributed by atoms with Gasteiger partial charge in [-0.3, -0.25) is 9.36 Å². The van der Waals surface area contributed by atoms with E-state index in [9.17, 15) is 4.79 Å². The summed E-state index contributed by atoms with van der Waals surface area (Å²) < 4.78 is 1.74. The third kappa shape index (κ3) is 2.96. The highest BCUT2D eigenvalue weighted by molar-refractivity contribution is 5.77. The fourth-order valence-corrected chi connectivity index (χ4v) is 3.08. The van der Waals surface area contributed by atoms with Crippen molar-refractivity contribution in [2.75, 3.05) is 0 Å². The predicted octanol–water partition coefficient (Wildman–Crippen LogP) is 4.42. The molecular formula is C22H18N2O. The van der Waals surface area contributed by atoms with Gasteiger partial charge < -0.3 is 0 Å². The van der Waals surface area contributed by atoms with E-state index in [1.54, 1.807) is 4.57 Å². The first-order chi connectivity index (χ1) is 12.2. The lowest BCUT2D eigenvalue weighted by atomic mass is 10.0. The zero-order valence-corrected chi connectivity index (χ0v) is 14.0. The van der Waals surface area contributed by atoms with Crippen LogP contribution in [-0.4, -0.2) is 9.55 Å². The molecule has 0 atom stereocenters. The standard InChI is InChI=1S/C22H18N2O/c1-16-23-21-10-6-5-9-20(21)22(25)24(16)15-17-11-13-19(14-12-17)18-7-3-2-4-8-18/h2-14H,15H2,1H3. The van der Waals surface area contributed by atoms with Crippen molar-refractivity contribution in [1.29, 1.82) is 0 Å². The average Bonchev–Trinajstić information content (AvgIpc) is 2.66. The molecule has 1 heterocycles. The summed E-state index contributed by atoms with van der Waals surface area (Å²) in [7, 11) is 0. The van der Waals surface area contributed by atoms with E-state index in [-0.39, 0.29) is 5.56 Å². The first kappa shape index (κ1) is 15.3. The zero-order chi connectivity index (χ0) is 17.2. The van der Waals surface area contributed by atoms with Crippen LogP contribution in [0.1, 0.15) is 11.4 Å². The van der Waals surface area contributed by atoms with Crippen LogP contribution in [0.5, 0.6) is 0 Å². The molecule has 0 aliphatic heterocycles. The third-order valence-corrected chi connectivity index (χ3v) is 4.45. The Labute approximate surface area is 146 Å². The number of nitrogens with zero attached hydrogens (tertiary/aromatic N) is 2. The number of aryl methyl sites for hydroxylation is 1. The molecule has 0 aliphatic rings. The first-order valence-electron chi connectivity index (χ1n) is 8.33. The second-order valence-corrected chi connectivity index (χ2v) is 6.13. The van der Waals surface area contributed by atoms with Crippen molar-refractivity contribution >= 4 is 10.9 Å². The van der Waals surface area contributed by atoms with Crippen LogP contribution in [0.2, 0.25) is 0 Å². The molecule has 3 heteroatoms. The maximum absolute atomic E-state index is 12.8. The minimum absolute atomic E-state index is 0.00948. The fourth-order valence-electron chi connectivity index (χ4n) is 3.08. The summed E-state index contributed by atoms with van der Waals surface area (Å²) in [6, 6.07) is 26.1. The quantitative estimate of drug-likeness (QED) is 0.558. The summed E-state index contributed by atoms with van der Waals surface area (Å²) in [5.74, 6) is 0.732. The van der Waals surface area contributed by atoms with E-state index < -0.39 is 0 Å². The number of rotatable bonds is 3. The zero-order valence-electron chi connectivity index (χ0n) is 14.0. The van der Waals surface area contributed by atoms with E-state index >= 15 is 0 Å². The highest BCUT2D eigenvalue weighted by Crippen LogP contribution is 2.19. The largest absolute Gasteiger partial charge is 0.292 e. The third-order valence-electron chi connectivity index (χ3n) is 4.45. The molecule has 0 spiro atoms. The van der Waals surface area contributed by atoms with Crippen molar-refractivity contribution in [3.8, 4) is 11.1 Å². The number of benzene rings is 3. The van der Waals surface area contributed by atoms with Gasteiger partial charge in [-0.1, -0.05) is 66.7 Å². The van der Waals surface area contributed by atoms with Gasteiger partial charge in [-0.15, -0.1) is 0 Å². The lowest BCUT2D eigenvalue weighted by Gasteiger charge is -2.11. The number of para-hydroxylation sites is 1. The van der Waals surface area contributed by atoms with E-state index in [1.807, 2.05) is 49.4 Å². The van der Waals surface area contributed by atoms with Crippen LogP contribution >= 0.6 is 0 Å². The van der Waals surface area contributed by atoms with Gasteiger partial charge in [0.1, 0.15) is 5.82 Å². The molecule has 0 unspecified atom stereocenters. The van der Waals surface area contributed by atoms with Crippen LogP contribution in [0.3, 0.4) is 0 Å². The fraction of sp³-hybridized carbons (Fsp3) is 0.0909. The Balaban J connectivity index is 1.69. The van der Waals surface area contributed by atoms with E-state index in [0.717, 1.165) is 16.9 Å². The van der Waals surface area contributed by atoms with Crippen LogP contribution in [-0.2, 0) is 6.54 Å². The van der Waals surface area contributed by atoms with Crippen molar-refractivity contribution < 1.29 is 0 Å². The number of hydrogen-bond acceptors (Lipinski definition) is 2. The molecule has 1 aromatic heterocycles. The van der Waals surface area contributed by atoms with Gasteiger partial charge in [0, 0.05) is 0 Å². The molecule has 3 aromatic carbocycles. The molecule has 25 heavy (non-hydrogen) atoms. The van der Waals surface area contributed by atoms with Gasteiger partial charge in [0.15, 0.2) is 0 Å². The van der Waals surface area contributed by atoms with Gasteiger partial charge in [0.25, 0.3) is 5.56 Å². The summed E-state index contributed by atoms with van der Waals surface area (Å²) in [6.07, 6.45) is 0. The van der Waals surface area contributed by atoms with Gasteiger partial charge in [-0.25, -0.2) is 4.98 Å². The van der Waals surface area contributed by atoms with Crippen molar-refractivity contribution in [3.63, 3.8) is 0 Å². The normalized spacial score (nSPS) is 10.9. The Morgan fingerprint density at radius 2 is 1.44 bits per heavy atom. The van der Waals surface area contributed by atoms with Gasteiger partial charge in [0.2, 0.25) is 0 Å². The molecule has 0 bridgehead atoms. The van der Waals surface area contributed by atoms with Gasteiger partial charge in [0.05, 0.1) is 17.4 Å². The second kappa shape index (κ2) is 6.36. The molecule has 0 fully saturated rings. The van der Waals surface area contributed by atoms with E-state index in [4.69, 9.17) is 0 Å². The topological polar surface area (TPSA) is 34.9 Å². The maximum atomic E-state index is 12.8. The van der Waals surface area contributed by atoms with E-state index in [2.05, 4.69) is 41.4 Å². The van der Waals surface area contributed by atoms with Crippen molar-refractivity contribution in [2.24, 2.45) is 0 Å². The van der Waals surface area contributed by atoms with E-state index in [0.29, 0.717) is 11.9 Å². The number of fused-ring (bicyclic) bond motifs is 1. The van der Waals surface area contributed by atoms with Gasteiger partial charge in [-0.05, 0) is 35.7 Å². The Morgan fingerprint density at radius 1 is 0.800 bits per heavy atom. The van der Waals surface area contributed by atoms with Crippen LogP contribution in [0.4, 0.5) is 0 Å². The molecule has 0 N–H and O–H groups in total. The van der Waals surface area contributed by atoms with E-state index in [1.165, 1.54) is 11.1 Å². The van der Waals surface area contributed by atoms with Crippen molar-refractivity contribution in [3.05, 3.63) is 101 Å². The molecule has 122 valence electrons. The monoisotopic (exact) mass is 326 g/mol. The number of aromatic nitrogens is 2. The van der Waals surface area contributed by atoms with Crippen molar-refractivity contribution in [1.82, 2.24) is 9.55 Å². The highest BCUT2D eigenvalue weighted by atomic mass is 16.1. The highest BCUT2D eigenvalue weighted by Gasteiger charge is 2.08. The smallest absolute Gasteiger partial charge is 0.261 e. The Bertz CT molecular complexity index is 1080. The maximum Gasteiger partial charge on any atom is 0.261 e. The molecule has 4 aromatic rings. The summed E-state index contributed by atoms with van der Waals surface area (Å²) in [5, 5.41) is 0.661. The van der Waals surface area contributed by atoms with Crippen LogP contribution < -0.4 is 5.56 Å². The van der Waals surface area contributed by atoms with Gasteiger partial charge in [-0.2, -0.15) is 0 Å². The first-order valence-corrected chi connectivity index (χ1v) is 8.33. The van der Waals surface area contributed by atoms with Crippen LogP contribution in [0.25, 0.3) is 22.0 Å². The summed E-state index contributed by atoms with van der Waals surface area (Å²) in [5.41, 5.74) is 4.21.